The first-order valence-electron chi connectivity index (χ1n) is 5.83. The van der Waals surface area contributed by atoms with Crippen LogP contribution in [0.1, 0.15) is 13.3 Å². The quantitative estimate of drug-likeness (QED) is 0.710. The molecule has 0 aliphatic rings. The fourth-order valence-corrected chi connectivity index (χ4v) is 1.77. The van der Waals surface area contributed by atoms with Crippen LogP contribution in [0.15, 0.2) is 15.8 Å². The van der Waals surface area contributed by atoms with Crippen LogP contribution in [-0.4, -0.2) is 36.8 Å². The molecule has 2 aromatic heterocycles. The van der Waals surface area contributed by atoms with Crippen LogP contribution in [-0.2, 0) is 17.9 Å². The normalized spacial score (nSPS) is 11.1. The Morgan fingerprint density at radius 3 is 2.79 bits per heavy atom. The Morgan fingerprint density at radius 1 is 1.42 bits per heavy atom. The Morgan fingerprint density at radius 2 is 2.16 bits per heavy atom. The largest absolute Gasteiger partial charge is 0.394 e. The van der Waals surface area contributed by atoms with Gasteiger partial charge in [0.15, 0.2) is 5.65 Å². The van der Waals surface area contributed by atoms with E-state index in [1.54, 1.807) is 0 Å². The Kier molecular flexibility index (Phi) is 3.61. The summed E-state index contributed by atoms with van der Waals surface area (Å²) < 4.78 is 2.37. The van der Waals surface area contributed by atoms with Crippen molar-refractivity contribution in [1.82, 2.24) is 19.3 Å². The molecule has 0 aromatic carbocycles. The fraction of sp³-hybridized carbons (Fsp3) is 0.455. The number of nitrogens with zero attached hydrogens (tertiary/aromatic N) is 3. The van der Waals surface area contributed by atoms with Gasteiger partial charge in [-0.2, -0.15) is 5.10 Å². The van der Waals surface area contributed by atoms with Gasteiger partial charge in [-0.05, 0) is 6.92 Å². The van der Waals surface area contributed by atoms with Crippen molar-refractivity contribution in [1.29, 1.82) is 0 Å². The molecule has 0 saturated carbocycles. The van der Waals surface area contributed by atoms with Crippen LogP contribution in [0.3, 0.4) is 0 Å². The van der Waals surface area contributed by atoms with Crippen molar-refractivity contribution >= 4 is 16.8 Å². The zero-order valence-electron chi connectivity index (χ0n) is 10.4. The SMILES string of the molecule is CC(=O)CCn1c(=O)[nH]c2nn(CCO)cc2c1=O. The molecule has 0 aliphatic carbocycles. The molecule has 0 amide bonds. The Hall–Kier alpha value is -2.22. The molecule has 0 bridgehead atoms. The van der Waals surface area contributed by atoms with Gasteiger partial charge in [0.1, 0.15) is 11.2 Å². The van der Waals surface area contributed by atoms with Crippen molar-refractivity contribution in [3.05, 3.63) is 27.0 Å². The standard InChI is InChI=1S/C11H14N4O4/c1-7(17)2-3-15-10(18)8-6-14(4-5-16)13-9(8)12-11(15)19/h6,16H,2-5H2,1H3,(H,12,13,19). The Balaban J connectivity index is 2.51. The van der Waals surface area contributed by atoms with Gasteiger partial charge in [0.05, 0.1) is 13.2 Å². The minimum Gasteiger partial charge on any atom is -0.394 e. The number of aromatic amines is 1. The molecule has 0 unspecified atom stereocenters. The second-order valence-corrected chi connectivity index (χ2v) is 4.22. The lowest BCUT2D eigenvalue weighted by Gasteiger charge is -2.01. The van der Waals surface area contributed by atoms with Crippen molar-refractivity contribution in [2.75, 3.05) is 6.61 Å². The van der Waals surface area contributed by atoms with Gasteiger partial charge in [0.2, 0.25) is 0 Å². The van der Waals surface area contributed by atoms with Gasteiger partial charge in [-0.1, -0.05) is 0 Å². The van der Waals surface area contributed by atoms with Crippen LogP contribution in [0.4, 0.5) is 0 Å². The third kappa shape index (κ3) is 2.63. The van der Waals surface area contributed by atoms with Gasteiger partial charge in [-0.3, -0.25) is 23.8 Å². The van der Waals surface area contributed by atoms with Crippen molar-refractivity contribution in [3.8, 4) is 0 Å². The number of H-pyrrole nitrogens is 1. The third-order valence-corrected chi connectivity index (χ3v) is 2.72. The average Bonchev–Trinajstić information content (AvgIpc) is 2.71. The van der Waals surface area contributed by atoms with Crippen molar-refractivity contribution < 1.29 is 9.90 Å². The first-order valence-corrected chi connectivity index (χ1v) is 5.83. The summed E-state index contributed by atoms with van der Waals surface area (Å²) in [6.45, 7) is 1.57. The lowest BCUT2D eigenvalue weighted by molar-refractivity contribution is -0.117. The van der Waals surface area contributed by atoms with E-state index in [-0.39, 0.29) is 42.9 Å². The van der Waals surface area contributed by atoms with Crippen LogP contribution < -0.4 is 11.2 Å². The number of hydrogen-bond acceptors (Lipinski definition) is 5. The summed E-state index contributed by atoms with van der Waals surface area (Å²) in [5.41, 5.74) is -0.889. The molecular formula is C11H14N4O4. The number of aliphatic hydroxyl groups is 1. The van der Waals surface area contributed by atoms with Gasteiger partial charge >= 0.3 is 5.69 Å². The number of Topliss-reactive ketones (excluding diaryl/α,β-unsaturated/α-hetero) is 1. The van der Waals surface area contributed by atoms with Crippen LogP contribution in [0.5, 0.6) is 0 Å². The molecule has 2 aromatic rings. The first kappa shape index (κ1) is 13.2. The monoisotopic (exact) mass is 266 g/mol. The third-order valence-electron chi connectivity index (χ3n) is 2.72. The van der Waals surface area contributed by atoms with Gasteiger partial charge in [-0.15, -0.1) is 0 Å². The maximum atomic E-state index is 12.1. The topological polar surface area (TPSA) is 110 Å². The number of hydrogen-bond donors (Lipinski definition) is 2. The van der Waals surface area contributed by atoms with Crippen molar-refractivity contribution in [2.24, 2.45) is 0 Å². The molecule has 0 saturated heterocycles. The van der Waals surface area contributed by atoms with E-state index in [0.717, 1.165) is 4.57 Å². The van der Waals surface area contributed by atoms with E-state index in [0.29, 0.717) is 0 Å². The van der Waals surface area contributed by atoms with Crippen molar-refractivity contribution in [3.63, 3.8) is 0 Å². The highest BCUT2D eigenvalue weighted by Gasteiger charge is 2.11. The van der Waals surface area contributed by atoms with E-state index in [1.807, 2.05) is 0 Å². The van der Waals surface area contributed by atoms with Crippen molar-refractivity contribution in [2.45, 2.75) is 26.4 Å². The summed E-state index contributed by atoms with van der Waals surface area (Å²) in [6, 6.07) is 0. The molecule has 19 heavy (non-hydrogen) atoms. The van der Waals surface area contributed by atoms with Gasteiger partial charge in [0, 0.05) is 19.2 Å². The highest BCUT2D eigenvalue weighted by molar-refractivity contribution is 5.75. The summed E-state index contributed by atoms with van der Waals surface area (Å²) in [7, 11) is 0. The predicted molar refractivity (Wildman–Crippen MR) is 67.0 cm³/mol. The number of ketones is 1. The Labute approximate surface area is 107 Å². The van der Waals surface area contributed by atoms with Gasteiger partial charge < -0.3 is 5.11 Å². The van der Waals surface area contributed by atoms with E-state index in [1.165, 1.54) is 17.8 Å². The number of fused-ring (bicyclic) bond motifs is 1. The van der Waals surface area contributed by atoms with Gasteiger partial charge in [-0.25, -0.2) is 4.79 Å². The summed E-state index contributed by atoms with van der Waals surface area (Å²) in [6.07, 6.45) is 1.59. The maximum Gasteiger partial charge on any atom is 0.330 e. The molecule has 0 spiro atoms. The number of aromatic nitrogens is 4. The maximum absolute atomic E-state index is 12.1. The summed E-state index contributed by atoms with van der Waals surface area (Å²) in [5.74, 6) is -0.0950. The number of carbonyl (C=O) groups excluding carboxylic acids is 1. The zero-order valence-corrected chi connectivity index (χ0v) is 10.4. The fourth-order valence-electron chi connectivity index (χ4n) is 1.77. The molecule has 0 radical (unpaired) electrons. The molecule has 102 valence electrons. The van der Waals surface area contributed by atoms with Crippen LogP contribution in [0.2, 0.25) is 0 Å². The minimum absolute atomic E-state index is 0.0462. The lowest BCUT2D eigenvalue weighted by atomic mass is 10.3. The smallest absolute Gasteiger partial charge is 0.330 e. The number of nitrogens with one attached hydrogen (secondary N) is 1. The van der Waals surface area contributed by atoms with E-state index in [2.05, 4.69) is 10.1 Å². The molecule has 8 nitrogen and oxygen atoms in total. The van der Waals surface area contributed by atoms with Crippen LogP contribution >= 0.6 is 0 Å². The summed E-state index contributed by atoms with van der Waals surface area (Å²) in [4.78, 5) is 37.2. The van der Waals surface area contributed by atoms with E-state index in [4.69, 9.17) is 5.11 Å². The molecule has 2 heterocycles. The molecule has 0 fully saturated rings. The molecule has 2 N–H and O–H groups in total. The van der Waals surface area contributed by atoms with E-state index >= 15 is 0 Å². The average molecular weight is 266 g/mol. The minimum atomic E-state index is -0.590. The predicted octanol–water partition coefficient (Wildman–Crippen LogP) is -1.14. The second-order valence-electron chi connectivity index (χ2n) is 4.22. The first-order chi connectivity index (χ1) is 9.02. The lowest BCUT2D eigenvalue weighted by Crippen LogP contribution is -2.35. The van der Waals surface area contributed by atoms with Gasteiger partial charge in [0.25, 0.3) is 5.56 Å². The van der Waals surface area contributed by atoms with E-state index in [9.17, 15) is 14.4 Å². The van der Waals surface area contributed by atoms with Crippen LogP contribution in [0.25, 0.3) is 11.0 Å². The molecule has 8 heteroatoms. The summed E-state index contributed by atoms with van der Waals surface area (Å²) >= 11 is 0. The second kappa shape index (κ2) is 5.19. The molecular weight excluding hydrogens is 252 g/mol. The highest BCUT2D eigenvalue weighted by Crippen LogP contribution is 2.01. The molecule has 2 rings (SSSR count). The van der Waals surface area contributed by atoms with E-state index < -0.39 is 11.2 Å². The molecule has 0 atom stereocenters. The number of aliphatic hydroxyl groups excluding tert-OH is 1. The van der Waals surface area contributed by atoms with Crippen LogP contribution in [0, 0.1) is 0 Å². The highest BCUT2D eigenvalue weighted by atomic mass is 16.3. The molecule has 0 aliphatic heterocycles. The number of rotatable bonds is 5. The summed E-state index contributed by atoms with van der Waals surface area (Å²) in [5, 5.41) is 13.1. The number of carbonyl (C=O) groups is 1. The zero-order chi connectivity index (χ0) is 14.0. The Bertz CT molecular complexity index is 724.